The van der Waals surface area contributed by atoms with Crippen LogP contribution in [0, 0.1) is 6.92 Å². The molecule has 27 heavy (non-hydrogen) atoms. The molecule has 1 aliphatic heterocycles. The van der Waals surface area contributed by atoms with Crippen molar-refractivity contribution in [1.82, 2.24) is 14.8 Å². The van der Waals surface area contributed by atoms with Gasteiger partial charge in [0.2, 0.25) is 11.9 Å². The summed E-state index contributed by atoms with van der Waals surface area (Å²) in [6, 6.07) is 10.5. The molecule has 3 N–H and O–H groups in total. The molecule has 8 nitrogen and oxygen atoms in total. The Morgan fingerprint density at radius 3 is 2.70 bits per heavy atom. The van der Waals surface area contributed by atoms with E-state index in [1.54, 1.807) is 18.7 Å². The van der Waals surface area contributed by atoms with E-state index in [-0.39, 0.29) is 0 Å². The maximum absolute atomic E-state index is 12.1. The molecule has 138 valence electrons. The number of carbonyl (C=O) groups is 1. The number of anilines is 1. The number of fused-ring (bicyclic) bond motifs is 1. The molecule has 3 heterocycles. The number of hydrogen-bond acceptors (Lipinski definition) is 6. The number of aromatic nitrogens is 3. The number of hydrogen-bond donors (Lipinski definition) is 2. The lowest BCUT2D eigenvalue weighted by molar-refractivity contribution is -0.115. The summed E-state index contributed by atoms with van der Waals surface area (Å²) in [5, 5.41) is 7.74. The number of para-hydroxylation sites is 1. The van der Waals surface area contributed by atoms with Gasteiger partial charge in [-0.05, 0) is 38.1 Å². The highest BCUT2D eigenvalue weighted by Crippen LogP contribution is 2.37. The first-order valence-corrected chi connectivity index (χ1v) is 8.43. The molecule has 8 heteroatoms. The number of methoxy groups -OCH3 is 1. The SMILES string of the molecule is COc1ccccc1-c1nc2n(n1)C(c1ccc(C)o1)C(C(N)=O)=C(C)N2. The van der Waals surface area contributed by atoms with E-state index in [1.165, 1.54) is 0 Å². The number of furan rings is 1. The number of primary amides is 1. The van der Waals surface area contributed by atoms with Gasteiger partial charge in [0, 0.05) is 5.70 Å². The zero-order chi connectivity index (χ0) is 19.1. The minimum Gasteiger partial charge on any atom is -0.496 e. The summed E-state index contributed by atoms with van der Waals surface area (Å²) >= 11 is 0. The van der Waals surface area contributed by atoms with Gasteiger partial charge in [-0.15, -0.1) is 5.10 Å². The van der Waals surface area contributed by atoms with Crippen LogP contribution in [-0.2, 0) is 4.79 Å². The Morgan fingerprint density at radius 1 is 1.26 bits per heavy atom. The lowest BCUT2D eigenvalue weighted by Crippen LogP contribution is -2.31. The number of benzene rings is 1. The smallest absolute Gasteiger partial charge is 0.249 e. The third-order valence-corrected chi connectivity index (χ3v) is 4.50. The summed E-state index contributed by atoms with van der Waals surface area (Å²) in [7, 11) is 1.60. The van der Waals surface area contributed by atoms with Crippen molar-refractivity contribution < 1.29 is 13.9 Å². The fourth-order valence-corrected chi connectivity index (χ4v) is 3.28. The van der Waals surface area contributed by atoms with Crippen molar-refractivity contribution in [1.29, 1.82) is 0 Å². The molecule has 1 aromatic carbocycles. The van der Waals surface area contributed by atoms with Crippen LogP contribution in [0.15, 0.2) is 52.1 Å². The summed E-state index contributed by atoms with van der Waals surface area (Å²) in [5.74, 6) is 2.39. The average Bonchev–Trinajstić information content (AvgIpc) is 3.26. The number of rotatable bonds is 4. The van der Waals surface area contributed by atoms with Gasteiger partial charge in [0.25, 0.3) is 0 Å². The molecule has 0 fully saturated rings. The van der Waals surface area contributed by atoms with Crippen LogP contribution < -0.4 is 15.8 Å². The van der Waals surface area contributed by atoms with E-state index >= 15 is 0 Å². The Balaban J connectivity index is 1.89. The maximum atomic E-state index is 12.1. The second kappa shape index (κ2) is 6.31. The topological polar surface area (TPSA) is 108 Å². The van der Waals surface area contributed by atoms with E-state index in [1.807, 2.05) is 43.3 Å². The second-order valence-electron chi connectivity index (χ2n) is 6.28. The molecule has 0 aliphatic carbocycles. The van der Waals surface area contributed by atoms with E-state index in [9.17, 15) is 4.79 Å². The fourth-order valence-electron chi connectivity index (χ4n) is 3.28. The van der Waals surface area contributed by atoms with Crippen LogP contribution in [0.5, 0.6) is 5.75 Å². The summed E-state index contributed by atoms with van der Waals surface area (Å²) in [5.41, 5.74) is 7.40. The van der Waals surface area contributed by atoms with Crippen LogP contribution in [-0.4, -0.2) is 27.8 Å². The van der Waals surface area contributed by atoms with Gasteiger partial charge in [-0.1, -0.05) is 12.1 Å². The molecule has 0 saturated heterocycles. The van der Waals surface area contributed by atoms with Crippen molar-refractivity contribution in [2.45, 2.75) is 19.9 Å². The second-order valence-corrected chi connectivity index (χ2v) is 6.28. The first kappa shape index (κ1) is 16.9. The number of ether oxygens (including phenoxy) is 1. The van der Waals surface area contributed by atoms with Crippen molar-refractivity contribution >= 4 is 11.9 Å². The molecule has 1 unspecified atom stereocenters. The normalized spacial score (nSPS) is 16.0. The van der Waals surface area contributed by atoms with Crippen molar-refractivity contribution in [2.24, 2.45) is 5.73 Å². The molecule has 1 aliphatic rings. The predicted molar refractivity (Wildman–Crippen MR) is 99.1 cm³/mol. The molecule has 4 rings (SSSR count). The quantitative estimate of drug-likeness (QED) is 0.736. The van der Waals surface area contributed by atoms with Gasteiger partial charge in [-0.3, -0.25) is 4.79 Å². The van der Waals surface area contributed by atoms with Crippen LogP contribution in [0.2, 0.25) is 0 Å². The molecule has 0 saturated carbocycles. The molecular formula is C19H19N5O3. The number of carbonyl (C=O) groups excluding carboxylic acids is 1. The van der Waals surface area contributed by atoms with Gasteiger partial charge in [0.15, 0.2) is 5.82 Å². The maximum Gasteiger partial charge on any atom is 0.249 e. The number of amides is 1. The Labute approximate surface area is 155 Å². The van der Waals surface area contributed by atoms with Crippen molar-refractivity contribution in [2.75, 3.05) is 12.4 Å². The Kier molecular flexibility index (Phi) is 3.95. The molecule has 0 radical (unpaired) electrons. The van der Waals surface area contributed by atoms with Crippen molar-refractivity contribution in [3.63, 3.8) is 0 Å². The predicted octanol–water partition coefficient (Wildman–Crippen LogP) is 2.63. The number of nitrogens with zero attached hydrogens (tertiary/aromatic N) is 3. The van der Waals surface area contributed by atoms with E-state index in [0.29, 0.717) is 34.6 Å². The number of aryl methyl sites for hydroxylation is 1. The third kappa shape index (κ3) is 2.75. The van der Waals surface area contributed by atoms with Gasteiger partial charge in [-0.2, -0.15) is 4.98 Å². The van der Waals surface area contributed by atoms with E-state index < -0.39 is 11.9 Å². The minimum absolute atomic E-state index is 0.383. The summed E-state index contributed by atoms with van der Waals surface area (Å²) in [6.07, 6.45) is 0. The minimum atomic E-state index is -0.594. The van der Waals surface area contributed by atoms with Crippen LogP contribution in [0.1, 0.15) is 24.5 Å². The fraction of sp³-hybridized carbons (Fsp3) is 0.211. The zero-order valence-corrected chi connectivity index (χ0v) is 15.2. The van der Waals surface area contributed by atoms with Gasteiger partial charge in [0.05, 0.1) is 18.2 Å². The molecule has 1 amide bonds. The number of nitrogens with one attached hydrogen (secondary N) is 1. The van der Waals surface area contributed by atoms with E-state index in [2.05, 4.69) is 15.4 Å². The van der Waals surface area contributed by atoms with Gasteiger partial charge in [0.1, 0.15) is 23.3 Å². The monoisotopic (exact) mass is 365 g/mol. The van der Waals surface area contributed by atoms with Crippen LogP contribution in [0.3, 0.4) is 0 Å². The van der Waals surface area contributed by atoms with E-state index in [4.69, 9.17) is 14.9 Å². The molecular weight excluding hydrogens is 346 g/mol. The van der Waals surface area contributed by atoms with Gasteiger partial charge >= 0.3 is 0 Å². The van der Waals surface area contributed by atoms with E-state index in [0.717, 1.165) is 11.3 Å². The largest absolute Gasteiger partial charge is 0.496 e. The molecule has 0 spiro atoms. The van der Waals surface area contributed by atoms with Gasteiger partial charge < -0.3 is 20.2 Å². The third-order valence-electron chi connectivity index (χ3n) is 4.50. The van der Waals surface area contributed by atoms with Gasteiger partial charge in [-0.25, -0.2) is 4.68 Å². The first-order chi connectivity index (χ1) is 13.0. The standard InChI is InChI=1S/C19H19N5O3/c1-10-8-9-14(27-10)16-15(17(20)25)11(2)21-19-22-18(23-24(16)19)12-6-4-5-7-13(12)26-3/h4-9,16H,1-3H3,(H2,20,25)(H,21,22,23). The highest BCUT2D eigenvalue weighted by Gasteiger charge is 2.35. The molecule has 2 aromatic heterocycles. The lowest BCUT2D eigenvalue weighted by atomic mass is 10.0. The van der Waals surface area contributed by atoms with Crippen molar-refractivity contribution in [3.05, 3.63) is 59.2 Å². The molecule has 1 atom stereocenters. The van der Waals surface area contributed by atoms with Crippen molar-refractivity contribution in [3.8, 4) is 17.1 Å². The lowest BCUT2D eigenvalue weighted by Gasteiger charge is -2.25. The summed E-state index contributed by atoms with van der Waals surface area (Å²) < 4.78 is 12.8. The summed E-state index contributed by atoms with van der Waals surface area (Å²) in [6.45, 7) is 3.62. The highest BCUT2D eigenvalue weighted by atomic mass is 16.5. The average molecular weight is 365 g/mol. The molecule has 0 bridgehead atoms. The Hall–Kier alpha value is -3.55. The highest BCUT2D eigenvalue weighted by molar-refractivity contribution is 5.95. The number of allylic oxidation sites excluding steroid dienone is 1. The number of nitrogens with two attached hydrogens (primary N) is 1. The first-order valence-electron chi connectivity index (χ1n) is 8.43. The summed E-state index contributed by atoms with van der Waals surface area (Å²) in [4.78, 5) is 16.7. The molecule has 3 aromatic rings. The Bertz CT molecular complexity index is 1060. The van der Waals surface area contributed by atoms with Crippen LogP contribution in [0.4, 0.5) is 5.95 Å². The zero-order valence-electron chi connectivity index (χ0n) is 15.2. The van der Waals surface area contributed by atoms with Crippen LogP contribution in [0.25, 0.3) is 11.4 Å². The Morgan fingerprint density at radius 2 is 2.04 bits per heavy atom. The van der Waals surface area contributed by atoms with Crippen LogP contribution >= 0.6 is 0 Å².